The van der Waals surface area contributed by atoms with Crippen molar-refractivity contribution in [2.24, 2.45) is 0 Å². The molecule has 0 fully saturated rings. The van der Waals surface area contributed by atoms with E-state index in [1.165, 1.54) is 6.07 Å². The lowest BCUT2D eigenvalue weighted by molar-refractivity contribution is -0.139. The summed E-state index contributed by atoms with van der Waals surface area (Å²) in [6, 6.07) is 5.16. The van der Waals surface area contributed by atoms with Crippen molar-refractivity contribution in [3.8, 4) is 5.75 Å². The number of fused-ring (bicyclic) bond motifs is 2. The third kappa shape index (κ3) is 4.20. The Morgan fingerprint density at radius 3 is 2.84 bits per heavy atom. The zero-order valence-electron chi connectivity index (χ0n) is 18.2. The van der Waals surface area contributed by atoms with Crippen LogP contribution in [0, 0.1) is 6.92 Å². The number of aromatic nitrogens is 1. The maximum absolute atomic E-state index is 13.1. The van der Waals surface area contributed by atoms with E-state index < -0.39 is 11.7 Å². The van der Waals surface area contributed by atoms with Crippen LogP contribution in [0.25, 0.3) is 11.0 Å². The predicted molar refractivity (Wildman–Crippen MR) is 113 cm³/mol. The Kier molecular flexibility index (Phi) is 5.82. The fourth-order valence-corrected chi connectivity index (χ4v) is 3.97. The Hall–Kier alpha value is -3.13. The average molecular weight is 426 g/mol. The number of benzene rings is 1. The summed E-state index contributed by atoms with van der Waals surface area (Å²) in [5, 5.41) is 0.731. The minimum atomic E-state index is -0.714. The first kappa shape index (κ1) is 21.1. The molecule has 0 saturated heterocycles. The van der Waals surface area contributed by atoms with Gasteiger partial charge >= 0.3 is 5.63 Å². The van der Waals surface area contributed by atoms with Gasteiger partial charge < -0.3 is 23.2 Å². The fourth-order valence-electron chi connectivity index (χ4n) is 3.97. The molecule has 8 heteroatoms. The van der Waals surface area contributed by atoms with Crippen LogP contribution in [-0.4, -0.2) is 35.5 Å². The number of nitrogens with zero attached hydrogens (tertiary/aromatic N) is 2. The molecule has 31 heavy (non-hydrogen) atoms. The summed E-state index contributed by atoms with van der Waals surface area (Å²) >= 11 is 0. The minimum Gasteiger partial charge on any atom is -0.480 e. The lowest BCUT2D eigenvalue weighted by Crippen LogP contribution is -2.43. The summed E-state index contributed by atoms with van der Waals surface area (Å²) in [5.74, 6) is 1.73. The maximum Gasteiger partial charge on any atom is 0.336 e. The predicted octanol–water partition coefficient (Wildman–Crippen LogP) is 3.15. The van der Waals surface area contributed by atoms with E-state index in [9.17, 15) is 9.59 Å². The van der Waals surface area contributed by atoms with Gasteiger partial charge in [0.15, 0.2) is 6.10 Å². The maximum atomic E-state index is 13.1. The summed E-state index contributed by atoms with van der Waals surface area (Å²) in [7, 11) is 1.59. The van der Waals surface area contributed by atoms with E-state index in [0.29, 0.717) is 49.8 Å². The Bertz CT molecular complexity index is 1180. The second kappa shape index (κ2) is 8.55. The molecule has 1 aliphatic rings. The molecule has 1 aliphatic heterocycles. The second-order valence-corrected chi connectivity index (χ2v) is 7.76. The summed E-state index contributed by atoms with van der Waals surface area (Å²) in [4.78, 5) is 31.2. The molecule has 0 spiro atoms. The van der Waals surface area contributed by atoms with Gasteiger partial charge in [0.1, 0.15) is 29.4 Å². The fraction of sp³-hybridized carbons (Fsp3) is 0.435. The van der Waals surface area contributed by atoms with Gasteiger partial charge in [0, 0.05) is 26.1 Å². The smallest absolute Gasteiger partial charge is 0.336 e. The first-order valence-electron chi connectivity index (χ1n) is 10.4. The van der Waals surface area contributed by atoms with Gasteiger partial charge in [-0.1, -0.05) is 6.92 Å². The van der Waals surface area contributed by atoms with Crippen LogP contribution in [0.2, 0.25) is 0 Å². The van der Waals surface area contributed by atoms with Gasteiger partial charge in [0.25, 0.3) is 5.91 Å². The molecule has 0 aliphatic carbocycles. The van der Waals surface area contributed by atoms with Crippen LogP contribution < -0.4 is 10.4 Å². The summed E-state index contributed by atoms with van der Waals surface area (Å²) in [5.41, 5.74) is 2.55. The minimum absolute atomic E-state index is 0.132. The molecule has 1 amide bonds. The topological polar surface area (TPSA) is 95.0 Å². The number of methoxy groups -OCH3 is 1. The number of amides is 1. The van der Waals surface area contributed by atoms with E-state index in [4.69, 9.17) is 18.3 Å². The molecule has 164 valence electrons. The normalized spacial score (nSPS) is 14.5. The SMILES string of the molecule is CCc1cc(=O)oc2cc(C)cc(OC(C)C(=O)N3CCc4oc(COC)nc4C3)c12. The number of oxazole rings is 1. The number of carbonyl (C=O) groups is 1. The highest BCUT2D eigenvalue weighted by atomic mass is 16.5. The summed E-state index contributed by atoms with van der Waals surface area (Å²) in [6.45, 7) is 6.80. The molecular formula is C23H26N2O6. The molecular weight excluding hydrogens is 400 g/mol. The van der Waals surface area contributed by atoms with Gasteiger partial charge in [0.2, 0.25) is 5.89 Å². The van der Waals surface area contributed by atoms with E-state index in [2.05, 4.69) is 4.98 Å². The Labute approximate surface area is 179 Å². The number of rotatable bonds is 6. The van der Waals surface area contributed by atoms with Crippen molar-refractivity contribution in [2.75, 3.05) is 13.7 Å². The number of carbonyl (C=O) groups excluding carboxylic acids is 1. The van der Waals surface area contributed by atoms with Gasteiger partial charge in [-0.15, -0.1) is 0 Å². The number of aryl methyl sites for hydroxylation is 2. The van der Waals surface area contributed by atoms with Crippen molar-refractivity contribution in [3.63, 3.8) is 0 Å². The van der Waals surface area contributed by atoms with E-state index >= 15 is 0 Å². The van der Waals surface area contributed by atoms with Crippen molar-refractivity contribution in [1.29, 1.82) is 0 Å². The van der Waals surface area contributed by atoms with Gasteiger partial charge in [-0.3, -0.25) is 4.79 Å². The Morgan fingerprint density at radius 2 is 2.10 bits per heavy atom. The molecule has 0 bridgehead atoms. The largest absolute Gasteiger partial charge is 0.480 e. The molecule has 8 nitrogen and oxygen atoms in total. The molecule has 1 unspecified atom stereocenters. The van der Waals surface area contributed by atoms with Crippen LogP contribution in [0.1, 0.15) is 42.3 Å². The van der Waals surface area contributed by atoms with Crippen molar-refractivity contribution in [1.82, 2.24) is 9.88 Å². The lowest BCUT2D eigenvalue weighted by Gasteiger charge is -2.28. The molecule has 0 radical (unpaired) electrons. The van der Waals surface area contributed by atoms with Crippen molar-refractivity contribution in [3.05, 3.63) is 57.1 Å². The molecule has 3 heterocycles. The molecule has 3 aromatic rings. The average Bonchev–Trinajstić information content (AvgIpc) is 3.13. The third-order valence-electron chi connectivity index (χ3n) is 5.42. The second-order valence-electron chi connectivity index (χ2n) is 7.76. The number of ether oxygens (including phenoxy) is 2. The van der Waals surface area contributed by atoms with Crippen molar-refractivity contribution in [2.45, 2.75) is 52.9 Å². The Morgan fingerprint density at radius 1 is 1.29 bits per heavy atom. The van der Waals surface area contributed by atoms with Gasteiger partial charge in [-0.25, -0.2) is 9.78 Å². The zero-order chi connectivity index (χ0) is 22.1. The molecule has 2 aromatic heterocycles. The van der Waals surface area contributed by atoms with Crippen LogP contribution >= 0.6 is 0 Å². The van der Waals surface area contributed by atoms with Gasteiger partial charge in [0.05, 0.1) is 11.9 Å². The third-order valence-corrected chi connectivity index (χ3v) is 5.42. The first-order chi connectivity index (χ1) is 14.9. The lowest BCUT2D eigenvalue weighted by atomic mass is 10.0. The quantitative estimate of drug-likeness (QED) is 0.559. The van der Waals surface area contributed by atoms with Crippen LogP contribution in [0.5, 0.6) is 5.75 Å². The van der Waals surface area contributed by atoms with Gasteiger partial charge in [-0.2, -0.15) is 0 Å². The van der Waals surface area contributed by atoms with Crippen LogP contribution in [0.4, 0.5) is 0 Å². The molecule has 1 atom stereocenters. The standard InChI is InChI=1S/C23H26N2O6/c1-5-15-10-21(26)31-19-9-13(2)8-18(22(15)19)29-14(3)23(27)25-7-6-17-16(11-25)24-20(30-17)12-28-4/h8-10,14H,5-7,11-12H2,1-4H3. The van der Waals surface area contributed by atoms with E-state index in [1.807, 2.05) is 26.0 Å². The monoisotopic (exact) mass is 426 g/mol. The highest BCUT2D eigenvalue weighted by molar-refractivity contribution is 5.88. The van der Waals surface area contributed by atoms with Crippen LogP contribution in [0.3, 0.4) is 0 Å². The first-order valence-corrected chi connectivity index (χ1v) is 10.4. The summed E-state index contributed by atoms with van der Waals surface area (Å²) in [6.07, 6.45) is 0.533. The molecule has 1 aromatic carbocycles. The highest BCUT2D eigenvalue weighted by Gasteiger charge is 2.29. The highest BCUT2D eigenvalue weighted by Crippen LogP contribution is 2.31. The Balaban J connectivity index is 1.57. The van der Waals surface area contributed by atoms with E-state index in [-0.39, 0.29) is 5.91 Å². The van der Waals surface area contributed by atoms with E-state index in [1.54, 1.807) is 18.9 Å². The molecule has 4 rings (SSSR count). The molecule has 0 saturated carbocycles. The number of hydrogen-bond donors (Lipinski definition) is 0. The van der Waals surface area contributed by atoms with Gasteiger partial charge in [-0.05, 0) is 43.5 Å². The zero-order valence-corrected chi connectivity index (χ0v) is 18.2. The van der Waals surface area contributed by atoms with E-state index in [0.717, 1.165) is 28.0 Å². The van der Waals surface area contributed by atoms with Crippen LogP contribution in [-0.2, 0) is 35.5 Å². The van der Waals surface area contributed by atoms with Crippen molar-refractivity contribution >= 4 is 16.9 Å². The molecule has 0 N–H and O–H groups in total. The van der Waals surface area contributed by atoms with Crippen molar-refractivity contribution < 1.29 is 23.1 Å². The number of hydrogen-bond acceptors (Lipinski definition) is 7. The van der Waals surface area contributed by atoms with Crippen LogP contribution in [0.15, 0.2) is 31.8 Å². The summed E-state index contributed by atoms with van der Waals surface area (Å²) < 4.78 is 22.3.